The zero-order valence-electron chi connectivity index (χ0n) is 11.6. The molecule has 0 aliphatic carbocycles. The third-order valence-corrected chi connectivity index (χ3v) is 3.57. The van der Waals surface area contributed by atoms with Crippen molar-refractivity contribution in [1.29, 1.82) is 0 Å². The maximum atomic E-state index is 13.4. The fourth-order valence-electron chi connectivity index (χ4n) is 2.25. The van der Waals surface area contributed by atoms with E-state index in [0.717, 1.165) is 16.5 Å². The van der Waals surface area contributed by atoms with Crippen molar-refractivity contribution >= 4 is 28.3 Å². The first kappa shape index (κ1) is 13.8. The molecule has 0 spiro atoms. The number of rotatable bonds is 2. The summed E-state index contributed by atoms with van der Waals surface area (Å²) in [4.78, 5) is 8.99. The minimum atomic E-state index is -0.322. The lowest BCUT2D eigenvalue weighted by molar-refractivity contribution is 0.629. The highest BCUT2D eigenvalue weighted by atomic mass is 35.5. The smallest absolute Gasteiger partial charge is 0.162 e. The van der Waals surface area contributed by atoms with E-state index in [1.54, 1.807) is 13.1 Å². The maximum absolute atomic E-state index is 13.4. The number of aryl methyl sites for hydroxylation is 1. The van der Waals surface area contributed by atoms with Gasteiger partial charge in [0, 0.05) is 29.1 Å². The van der Waals surface area contributed by atoms with Gasteiger partial charge in [-0.15, -0.1) is 0 Å². The number of halogens is 2. The van der Waals surface area contributed by atoms with Crippen LogP contribution in [0.1, 0.15) is 5.56 Å². The van der Waals surface area contributed by atoms with Gasteiger partial charge in [0.15, 0.2) is 5.82 Å². The van der Waals surface area contributed by atoms with Crippen molar-refractivity contribution in [1.82, 2.24) is 9.97 Å². The highest BCUT2D eigenvalue weighted by Crippen LogP contribution is 2.28. The van der Waals surface area contributed by atoms with E-state index < -0.39 is 0 Å². The quantitative estimate of drug-likeness (QED) is 0.760. The molecule has 0 saturated heterocycles. The fraction of sp³-hybridized carbons (Fsp3) is 0.125. The second kappa shape index (κ2) is 5.30. The number of anilines is 1. The van der Waals surface area contributed by atoms with Crippen molar-refractivity contribution in [3.8, 4) is 11.4 Å². The molecule has 0 amide bonds. The predicted octanol–water partition coefficient (Wildman–Crippen LogP) is 4.44. The number of aromatic nitrogens is 2. The summed E-state index contributed by atoms with van der Waals surface area (Å²) < 4.78 is 13.4. The number of hydrogen-bond donors (Lipinski definition) is 1. The molecular weight excluding hydrogens is 289 g/mol. The van der Waals surface area contributed by atoms with Gasteiger partial charge in [0.25, 0.3) is 0 Å². The van der Waals surface area contributed by atoms with E-state index in [4.69, 9.17) is 11.6 Å². The number of fused-ring (bicyclic) bond motifs is 1. The Kier molecular flexibility index (Phi) is 3.47. The average molecular weight is 302 g/mol. The SMILES string of the molecule is CNc1nc(-c2cc(Cl)ccc2C)nc2cc(F)ccc12. The van der Waals surface area contributed by atoms with Crippen LogP contribution in [0, 0.1) is 12.7 Å². The molecule has 3 rings (SSSR count). The van der Waals surface area contributed by atoms with Gasteiger partial charge in [0.05, 0.1) is 5.52 Å². The maximum Gasteiger partial charge on any atom is 0.162 e. The van der Waals surface area contributed by atoms with Gasteiger partial charge in [-0.1, -0.05) is 17.7 Å². The third kappa shape index (κ3) is 2.54. The van der Waals surface area contributed by atoms with Crippen LogP contribution in [0.25, 0.3) is 22.3 Å². The lowest BCUT2D eigenvalue weighted by Crippen LogP contribution is -2.00. The molecule has 1 N–H and O–H groups in total. The molecule has 0 aliphatic rings. The molecule has 3 aromatic rings. The summed E-state index contributed by atoms with van der Waals surface area (Å²) in [5.41, 5.74) is 2.41. The van der Waals surface area contributed by atoms with E-state index in [2.05, 4.69) is 15.3 Å². The normalized spacial score (nSPS) is 10.9. The predicted molar refractivity (Wildman–Crippen MR) is 84.2 cm³/mol. The summed E-state index contributed by atoms with van der Waals surface area (Å²) in [6, 6.07) is 10.0. The van der Waals surface area contributed by atoms with Crippen LogP contribution in [0.4, 0.5) is 10.2 Å². The molecule has 0 aliphatic heterocycles. The molecule has 0 radical (unpaired) electrons. The van der Waals surface area contributed by atoms with Crippen LogP contribution in [-0.2, 0) is 0 Å². The van der Waals surface area contributed by atoms with Crippen LogP contribution in [-0.4, -0.2) is 17.0 Å². The first-order valence-electron chi connectivity index (χ1n) is 6.50. The minimum absolute atomic E-state index is 0.322. The van der Waals surface area contributed by atoms with Crippen LogP contribution >= 0.6 is 11.6 Å². The molecule has 0 unspecified atom stereocenters. The number of nitrogens with zero attached hydrogens (tertiary/aromatic N) is 2. The second-order valence-corrected chi connectivity index (χ2v) is 5.20. The Balaban J connectivity index is 2.30. The molecule has 0 saturated carbocycles. The van der Waals surface area contributed by atoms with Crippen molar-refractivity contribution < 1.29 is 4.39 Å². The molecule has 1 heterocycles. The van der Waals surface area contributed by atoms with E-state index >= 15 is 0 Å². The van der Waals surface area contributed by atoms with Crippen LogP contribution in [0.5, 0.6) is 0 Å². The lowest BCUT2D eigenvalue weighted by atomic mass is 10.1. The van der Waals surface area contributed by atoms with E-state index in [0.29, 0.717) is 22.2 Å². The second-order valence-electron chi connectivity index (χ2n) is 4.77. The highest BCUT2D eigenvalue weighted by Gasteiger charge is 2.11. The Morgan fingerprint density at radius 2 is 1.90 bits per heavy atom. The van der Waals surface area contributed by atoms with Gasteiger partial charge < -0.3 is 5.32 Å². The van der Waals surface area contributed by atoms with Crippen LogP contribution in [0.15, 0.2) is 36.4 Å². The third-order valence-electron chi connectivity index (χ3n) is 3.34. The fourth-order valence-corrected chi connectivity index (χ4v) is 2.42. The van der Waals surface area contributed by atoms with Gasteiger partial charge in [-0.2, -0.15) is 0 Å². The summed E-state index contributed by atoms with van der Waals surface area (Å²) in [6.07, 6.45) is 0. The topological polar surface area (TPSA) is 37.8 Å². The van der Waals surface area contributed by atoms with Crippen LogP contribution in [0.3, 0.4) is 0 Å². The number of nitrogens with one attached hydrogen (secondary N) is 1. The molecule has 106 valence electrons. The van der Waals surface area contributed by atoms with Gasteiger partial charge in [-0.3, -0.25) is 0 Å². The minimum Gasteiger partial charge on any atom is -0.373 e. The molecule has 1 aromatic heterocycles. The largest absolute Gasteiger partial charge is 0.373 e. The summed E-state index contributed by atoms with van der Waals surface area (Å²) in [5.74, 6) is 0.865. The Morgan fingerprint density at radius 1 is 1.10 bits per heavy atom. The monoisotopic (exact) mass is 301 g/mol. The van der Waals surface area contributed by atoms with E-state index in [-0.39, 0.29) is 5.82 Å². The van der Waals surface area contributed by atoms with Crippen molar-refractivity contribution in [2.75, 3.05) is 12.4 Å². The number of benzene rings is 2. The van der Waals surface area contributed by atoms with Gasteiger partial charge in [0.1, 0.15) is 11.6 Å². The van der Waals surface area contributed by atoms with E-state index in [9.17, 15) is 4.39 Å². The van der Waals surface area contributed by atoms with Gasteiger partial charge in [-0.25, -0.2) is 14.4 Å². The molecular formula is C16H13ClFN3. The zero-order chi connectivity index (χ0) is 15.0. The average Bonchev–Trinajstić information content (AvgIpc) is 2.48. The summed E-state index contributed by atoms with van der Waals surface area (Å²) in [6.45, 7) is 1.96. The van der Waals surface area contributed by atoms with Crippen LogP contribution in [0.2, 0.25) is 5.02 Å². The van der Waals surface area contributed by atoms with Gasteiger partial charge in [0.2, 0.25) is 0 Å². The zero-order valence-corrected chi connectivity index (χ0v) is 12.4. The van der Waals surface area contributed by atoms with E-state index in [1.807, 2.05) is 25.1 Å². The Bertz CT molecular complexity index is 833. The van der Waals surface area contributed by atoms with Crippen molar-refractivity contribution in [2.24, 2.45) is 0 Å². The van der Waals surface area contributed by atoms with Crippen LogP contribution < -0.4 is 5.32 Å². The molecule has 0 bridgehead atoms. The summed E-state index contributed by atoms with van der Waals surface area (Å²) in [7, 11) is 1.78. The first-order chi connectivity index (χ1) is 10.1. The van der Waals surface area contributed by atoms with Crippen molar-refractivity contribution in [3.05, 3.63) is 52.8 Å². The molecule has 2 aromatic carbocycles. The lowest BCUT2D eigenvalue weighted by Gasteiger charge is -2.10. The first-order valence-corrected chi connectivity index (χ1v) is 6.88. The molecule has 5 heteroatoms. The number of hydrogen-bond acceptors (Lipinski definition) is 3. The Labute approximate surface area is 126 Å². The molecule has 0 atom stereocenters. The summed E-state index contributed by atoms with van der Waals surface area (Å²) in [5, 5.41) is 4.42. The summed E-state index contributed by atoms with van der Waals surface area (Å²) >= 11 is 6.05. The van der Waals surface area contributed by atoms with Gasteiger partial charge >= 0.3 is 0 Å². The molecule has 0 fully saturated rings. The van der Waals surface area contributed by atoms with Gasteiger partial charge in [-0.05, 0) is 36.8 Å². The Morgan fingerprint density at radius 3 is 2.67 bits per heavy atom. The molecule has 3 nitrogen and oxygen atoms in total. The standard InChI is InChI=1S/C16H13ClFN3/c1-9-3-4-10(17)7-13(9)16-20-14-8-11(18)5-6-12(14)15(19-2)21-16/h3-8H,1-2H3,(H,19,20,21). The van der Waals surface area contributed by atoms with E-state index in [1.165, 1.54) is 12.1 Å². The Hall–Kier alpha value is -2.20. The highest BCUT2D eigenvalue weighted by molar-refractivity contribution is 6.30. The van der Waals surface area contributed by atoms with Crippen molar-refractivity contribution in [2.45, 2.75) is 6.92 Å². The molecule has 21 heavy (non-hydrogen) atoms. The van der Waals surface area contributed by atoms with Crippen molar-refractivity contribution in [3.63, 3.8) is 0 Å².